The SMILES string of the molecule is CCSCCn1cc(CNC(C)C)c2ccc(Cl)cc21. The van der Waals surface area contributed by atoms with Gasteiger partial charge in [0.2, 0.25) is 0 Å². The Hall–Kier alpha value is -0.640. The molecule has 1 heterocycles. The van der Waals surface area contributed by atoms with Crippen LogP contribution in [0.4, 0.5) is 0 Å². The van der Waals surface area contributed by atoms with Crippen molar-refractivity contribution in [2.75, 3.05) is 11.5 Å². The largest absolute Gasteiger partial charge is 0.346 e. The number of hydrogen-bond acceptors (Lipinski definition) is 2. The quantitative estimate of drug-likeness (QED) is 0.756. The zero-order valence-corrected chi connectivity index (χ0v) is 14.0. The lowest BCUT2D eigenvalue weighted by atomic mass is 10.1. The van der Waals surface area contributed by atoms with Gasteiger partial charge in [0.05, 0.1) is 0 Å². The van der Waals surface area contributed by atoms with E-state index >= 15 is 0 Å². The van der Waals surface area contributed by atoms with Gasteiger partial charge in [0.1, 0.15) is 0 Å². The molecule has 0 bridgehead atoms. The number of nitrogens with one attached hydrogen (secondary N) is 1. The average Bonchev–Trinajstić information content (AvgIpc) is 2.74. The summed E-state index contributed by atoms with van der Waals surface area (Å²) in [5.41, 5.74) is 2.60. The number of halogens is 1. The van der Waals surface area contributed by atoms with E-state index in [-0.39, 0.29) is 0 Å². The lowest BCUT2D eigenvalue weighted by molar-refractivity contribution is 0.589. The molecule has 0 atom stereocenters. The van der Waals surface area contributed by atoms with E-state index in [0.717, 1.165) is 23.9 Å². The van der Waals surface area contributed by atoms with Crippen molar-refractivity contribution in [3.8, 4) is 0 Å². The van der Waals surface area contributed by atoms with Crippen molar-refractivity contribution in [1.29, 1.82) is 0 Å². The van der Waals surface area contributed by atoms with Crippen molar-refractivity contribution in [2.24, 2.45) is 0 Å². The zero-order chi connectivity index (χ0) is 14.5. The van der Waals surface area contributed by atoms with Crippen LogP contribution >= 0.6 is 23.4 Å². The van der Waals surface area contributed by atoms with E-state index in [0.29, 0.717) is 6.04 Å². The van der Waals surface area contributed by atoms with Crippen LogP contribution in [-0.2, 0) is 13.1 Å². The normalized spacial score (nSPS) is 11.7. The summed E-state index contributed by atoms with van der Waals surface area (Å²) in [6, 6.07) is 6.69. The first-order chi connectivity index (χ1) is 9.61. The van der Waals surface area contributed by atoms with E-state index < -0.39 is 0 Å². The molecule has 0 aliphatic carbocycles. The predicted molar refractivity (Wildman–Crippen MR) is 91.9 cm³/mol. The summed E-state index contributed by atoms with van der Waals surface area (Å²) in [5.74, 6) is 2.31. The third-order valence-corrected chi connectivity index (χ3v) is 4.42. The molecule has 0 aliphatic heterocycles. The van der Waals surface area contributed by atoms with E-state index in [9.17, 15) is 0 Å². The second kappa shape index (κ2) is 7.39. The Labute approximate surface area is 130 Å². The van der Waals surface area contributed by atoms with Crippen LogP contribution in [0.15, 0.2) is 24.4 Å². The Bertz CT molecular complexity index is 563. The second-order valence-electron chi connectivity index (χ2n) is 5.24. The maximum absolute atomic E-state index is 6.15. The van der Waals surface area contributed by atoms with E-state index in [1.54, 1.807) is 0 Å². The minimum Gasteiger partial charge on any atom is -0.346 e. The molecule has 1 aromatic carbocycles. The fourth-order valence-corrected chi connectivity index (χ4v) is 3.07. The van der Waals surface area contributed by atoms with Crippen LogP contribution in [0.5, 0.6) is 0 Å². The van der Waals surface area contributed by atoms with Crippen LogP contribution < -0.4 is 5.32 Å². The van der Waals surface area contributed by atoms with Gasteiger partial charge in [-0.15, -0.1) is 0 Å². The summed E-state index contributed by atoms with van der Waals surface area (Å²) < 4.78 is 2.33. The van der Waals surface area contributed by atoms with E-state index in [1.807, 2.05) is 17.8 Å². The molecule has 0 saturated carbocycles. The molecule has 20 heavy (non-hydrogen) atoms. The van der Waals surface area contributed by atoms with Crippen molar-refractivity contribution in [3.05, 3.63) is 35.0 Å². The first kappa shape index (κ1) is 15.7. The minimum absolute atomic E-state index is 0.497. The van der Waals surface area contributed by atoms with Gasteiger partial charge in [-0.3, -0.25) is 0 Å². The summed E-state index contributed by atoms with van der Waals surface area (Å²) in [6.07, 6.45) is 2.27. The van der Waals surface area contributed by atoms with Gasteiger partial charge in [0, 0.05) is 47.0 Å². The number of hydrogen-bond donors (Lipinski definition) is 1. The van der Waals surface area contributed by atoms with Crippen LogP contribution in [0.2, 0.25) is 5.02 Å². The molecule has 0 unspecified atom stereocenters. The third kappa shape index (κ3) is 3.94. The highest BCUT2D eigenvalue weighted by Crippen LogP contribution is 2.25. The van der Waals surface area contributed by atoms with Crippen molar-refractivity contribution >= 4 is 34.3 Å². The van der Waals surface area contributed by atoms with Crippen molar-refractivity contribution in [3.63, 3.8) is 0 Å². The summed E-state index contributed by atoms with van der Waals surface area (Å²) >= 11 is 8.13. The fourth-order valence-electron chi connectivity index (χ4n) is 2.29. The highest BCUT2D eigenvalue weighted by atomic mass is 35.5. The van der Waals surface area contributed by atoms with Gasteiger partial charge in [-0.2, -0.15) is 11.8 Å². The molecule has 0 amide bonds. The average molecular weight is 311 g/mol. The van der Waals surface area contributed by atoms with Crippen molar-refractivity contribution < 1.29 is 0 Å². The van der Waals surface area contributed by atoms with Gasteiger partial charge in [-0.1, -0.05) is 38.4 Å². The molecule has 2 nitrogen and oxygen atoms in total. The molecule has 0 radical (unpaired) electrons. The lowest BCUT2D eigenvalue weighted by Crippen LogP contribution is -2.21. The first-order valence-electron chi connectivity index (χ1n) is 7.20. The Morgan fingerprint density at radius 1 is 1.35 bits per heavy atom. The fraction of sp³-hybridized carbons (Fsp3) is 0.500. The number of rotatable bonds is 7. The maximum Gasteiger partial charge on any atom is 0.0498 e. The third-order valence-electron chi connectivity index (χ3n) is 3.31. The van der Waals surface area contributed by atoms with E-state index in [4.69, 9.17) is 11.6 Å². The molecule has 110 valence electrons. The number of aromatic nitrogens is 1. The number of fused-ring (bicyclic) bond motifs is 1. The lowest BCUT2D eigenvalue weighted by Gasteiger charge is -2.06. The molecule has 0 aliphatic rings. The van der Waals surface area contributed by atoms with Crippen molar-refractivity contribution in [1.82, 2.24) is 9.88 Å². The number of nitrogens with zero attached hydrogens (tertiary/aromatic N) is 1. The van der Waals surface area contributed by atoms with Gasteiger partial charge in [-0.05, 0) is 23.4 Å². The first-order valence-corrected chi connectivity index (χ1v) is 8.73. The highest BCUT2D eigenvalue weighted by Gasteiger charge is 2.09. The van der Waals surface area contributed by atoms with Crippen LogP contribution in [0.1, 0.15) is 26.3 Å². The topological polar surface area (TPSA) is 17.0 Å². The van der Waals surface area contributed by atoms with Gasteiger partial charge in [0.15, 0.2) is 0 Å². The number of benzene rings is 1. The molecule has 2 rings (SSSR count). The van der Waals surface area contributed by atoms with E-state index in [2.05, 4.69) is 49.0 Å². The molecular weight excluding hydrogens is 288 g/mol. The Morgan fingerprint density at radius 2 is 2.15 bits per heavy atom. The molecule has 0 saturated heterocycles. The van der Waals surface area contributed by atoms with Gasteiger partial charge >= 0.3 is 0 Å². The Balaban J connectivity index is 2.28. The molecular formula is C16H23ClN2S. The standard InChI is InChI=1S/C16H23ClN2S/c1-4-20-8-7-19-11-13(10-18-12(2)3)15-6-5-14(17)9-16(15)19/h5-6,9,11-12,18H,4,7-8,10H2,1-3H3. The summed E-state index contributed by atoms with van der Waals surface area (Å²) in [6.45, 7) is 8.50. The molecule has 2 aromatic rings. The Morgan fingerprint density at radius 3 is 2.85 bits per heavy atom. The highest BCUT2D eigenvalue weighted by molar-refractivity contribution is 7.99. The second-order valence-corrected chi connectivity index (χ2v) is 7.07. The summed E-state index contributed by atoms with van der Waals surface area (Å²) in [5, 5.41) is 5.62. The van der Waals surface area contributed by atoms with E-state index in [1.165, 1.54) is 22.2 Å². The molecule has 1 aromatic heterocycles. The number of aryl methyl sites for hydroxylation is 1. The van der Waals surface area contributed by atoms with Crippen LogP contribution in [0, 0.1) is 0 Å². The van der Waals surface area contributed by atoms with Crippen molar-refractivity contribution in [2.45, 2.75) is 39.9 Å². The van der Waals surface area contributed by atoms with Gasteiger partial charge in [0.25, 0.3) is 0 Å². The minimum atomic E-state index is 0.497. The molecule has 0 spiro atoms. The van der Waals surface area contributed by atoms with Gasteiger partial charge < -0.3 is 9.88 Å². The maximum atomic E-state index is 6.15. The monoisotopic (exact) mass is 310 g/mol. The molecule has 4 heteroatoms. The number of thioether (sulfide) groups is 1. The Kier molecular flexibility index (Phi) is 5.82. The molecule has 1 N–H and O–H groups in total. The van der Waals surface area contributed by atoms with Crippen LogP contribution in [0.3, 0.4) is 0 Å². The predicted octanol–water partition coefficient (Wildman–Crippen LogP) is 4.55. The summed E-state index contributed by atoms with van der Waals surface area (Å²) in [7, 11) is 0. The smallest absolute Gasteiger partial charge is 0.0498 e. The zero-order valence-electron chi connectivity index (χ0n) is 12.4. The summed E-state index contributed by atoms with van der Waals surface area (Å²) in [4.78, 5) is 0. The van der Waals surface area contributed by atoms with Crippen LogP contribution in [0.25, 0.3) is 10.9 Å². The van der Waals surface area contributed by atoms with Gasteiger partial charge in [-0.25, -0.2) is 0 Å². The van der Waals surface area contributed by atoms with Crippen LogP contribution in [-0.4, -0.2) is 22.1 Å². The molecule has 0 fully saturated rings.